The second kappa shape index (κ2) is 7.89. The third-order valence-corrected chi connectivity index (χ3v) is 4.62. The molecule has 0 radical (unpaired) electrons. The Bertz CT molecular complexity index is 660. The Labute approximate surface area is 170 Å². The maximum atomic E-state index is 3.23. The first-order valence-electron chi connectivity index (χ1n) is 8.31. The first-order valence-corrected chi connectivity index (χ1v) is 19.6. The van der Waals surface area contributed by atoms with Gasteiger partial charge in [0.2, 0.25) is 0 Å². The van der Waals surface area contributed by atoms with E-state index in [0.29, 0.717) is 0 Å². The first kappa shape index (κ1) is 20.6. The number of benzene rings is 2. The molecule has 2 aromatic carbocycles. The van der Waals surface area contributed by atoms with E-state index in [1.165, 1.54) is 33.4 Å². The van der Waals surface area contributed by atoms with Crippen molar-refractivity contribution >= 4 is 24.4 Å². The zero-order chi connectivity index (χ0) is 18.1. The van der Waals surface area contributed by atoms with E-state index in [-0.39, 0.29) is 29.4 Å². The van der Waals surface area contributed by atoms with Crippen molar-refractivity contribution in [2.24, 2.45) is 0 Å². The summed E-state index contributed by atoms with van der Waals surface area (Å²) in [5, 5.41) is 0. The van der Waals surface area contributed by atoms with Crippen LogP contribution in [0.15, 0.2) is 36.4 Å². The number of fused-ring (bicyclic) bond motifs is 3. The zero-order valence-electron chi connectivity index (χ0n) is 15.4. The Morgan fingerprint density at radius 3 is 1.33 bits per heavy atom. The summed E-state index contributed by atoms with van der Waals surface area (Å²) < 4.78 is 0. The van der Waals surface area contributed by atoms with Crippen LogP contribution in [0.1, 0.15) is 63.8 Å². The van der Waals surface area contributed by atoms with E-state index in [2.05, 4.69) is 102 Å². The van der Waals surface area contributed by atoms with Crippen molar-refractivity contribution < 1.29 is 18.5 Å². The van der Waals surface area contributed by atoms with E-state index in [9.17, 15) is 0 Å². The molecule has 0 aromatic heterocycles. The SMILES string of the molecule is CC(C)(C)c1ccc2c(c1)-c1cc(C(C)(C)C)ccc1C2.[Br][Zr][Br]. The van der Waals surface area contributed by atoms with Crippen molar-refractivity contribution in [3.05, 3.63) is 58.7 Å². The normalized spacial score (nSPS) is 12.8. The number of hydrogen-bond acceptors (Lipinski definition) is 0. The Balaban J connectivity index is 0.000000647. The maximum absolute atomic E-state index is 3.23. The van der Waals surface area contributed by atoms with Crippen molar-refractivity contribution in [3.8, 4) is 11.1 Å². The molecule has 0 saturated heterocycles. The molecule has 2 aromatic rings. The number of halogens is 2. The third kappa shape index (κ3) is 4.71. The van der Waals surface area contributed by atoms with Crippen LogP contribution in [0.2, 0.25) is 0 Å². The summed E-state index contributed by atoms with van der Waals surface area (Å²) in [6.45, 7) is 13.7. The van der Waals surface area contributed by atoms with Gasteiger partial charge in [-0.05, 0) is 50.6 Å². The van der Waals surface area contributed by atoms with Gasteiger partial charge in [-0.1, -0.05) is 77.9 Å². The molecular weight excluding hydrogens is 503 g/mol. The van der Waals surface area contributed by atoms with Gasteiger partial charge in [-0.2, -0.15) is 0 Å². The molecule has 0 atom stereocenters. The molecule has 3 rings (SSSR count). The fourth-order valence-electron chi connectivity index (χ4n) is 3.10. The molecule has 1 aliphatic rings. The van der Waals surface area contributed by atoms with E-state index in [1.54, 1.807) is 0 Å². The van der Waals surface area contributed by atoms with Gasteiger partial charge < -0.3 is 0 Å². The van der Waals surface area contributed by atoms with E-state index >= 15 is 0 Å². The van der Waals surface area contributed by atoms with Crippen LogP contribution in [0, 0.1) is 0 Å². The predicted molar refractivity (Wildman–Crippen MR) is 110 cm³/mol. The van der Waals surface area contributed by atoms with Crippen LogP contribution in [-0.2, 0) is 35.8 Å². The molecule has 0 nitrogen and oxygen atoms in total. The standard InChI is InChI=1S/C21H26.2BrH.Zr/c1-20(2,3)16-9-7-14-11-15-8-10-17(21(4,5)6)13-19(15)18(14)12-16;;;/h7-10,12-13H,11H2,1-6H3;2*1H;/q;;;+2/p-2. The summed E-state index contributed by atoms with van der Waals surface area (Å²) in [5.41, 5.74) is 9.12. The summed E-state index contributed by atoms with van der Waals surface area (Å²) in [4.78, 5) is 0. The predicted octanol–water partition coefficient (Wildman–Crippen LogP) is 7.54. The third-order valence-electron chi connectivity index (χ3n) is 4.62. The summed E-state index contributed by atoms with van der Waals surface area (Å²) in [5.74, 6) is 0. The second-order valence-electron chi connectivity index (χ2n) is 8.49. The molecule has 0 bridgehead atoms. The molecule has 1 aliphatic carbocycles. The summed E-state index contributed by atoms with van der Waals surface area (Å²) in [7, 11) is 0. The van der Waals surface area contributed by atoms with Gasteiger partial charge in [0.15, 0.2) is 0 Å². The Morgan fingerprint density at radius 1 is 0.708 bits per heavy atom. The molecule has 128 valence electrons. The topological polar surface area (TPSA) is 0 Å². The number of hydrogen-bond donors (Lipinski definition) is 0. The van der Waals surface area contributed by atoms with Gasteiger partial charge in [-0.25, -0.2) is 0 Å². The molecule has 0 saturated carbocycles. The molecule has 0 N–H and O–H groups in total. The first-order chi connectivity index (χ1) is 11.1. The quantitative estimate of drug-likeness (QED) is 0.282. The van der Waals surface area contributed by atoms with Gasteiger partial charge in [0, 0.05) is 0 Å². The molecule has 0 aliphatic heterocycles. The van der Waals surface area contributed by atoms with Crippen molar-refractivity contribution in [3.63, 3.8) is 0 Å². The van der Waals surface area contributed by atoms with E-state index in [0.717, 1.165) is 6.42 Å². The van der Waals surface area contributed by atoms with Crippen LogP contribution in [0.25, 0.3) is 11.1 Å². The summed E-state index contributed by atoms with van der Waals surface area (Å²) in [6.07, 6.45) is 1.08. The van der Waals surface area contributed by atoms with Gasteiger partial charge >= 0.3 is 43.0 Å². The molecule has 0 fully saturated rings. The van der Waals surface area contributed by atoms with Crippen molar-refractivity contribution in [1.82, 2.24) is 0 Å². The molecule has 3 heteroatoms. The van der Waals surface area contributed by atoms with E-state index < -0.39 is 0 Å². The van der Waals surface area contributed by atoms with Gasteiger partial charge in [0.05, 0.1) is 0 Å². The minimum absolute atomic E-state index is 0.145. The summed E-state index contributed by atoms with van der Waals surface area (Å²) >= 11 is 6.32. The fraction of sp³-hybridized carbons (Fsp3) is 0.429. The van der Waals surface area contributed by atoms with Crippen LogP contribution >= 0.6 is 24.4 Å². The van der Waals surface area contributed by atoms with Crippen LogP contribution in [-0.4, -0.2) is 0 Å². The Hall–Kier alpha value is 0.283. The van der Waals surface area contributed by atoms with Crippen LogP contribution in [0.5, 0.6) is 0 Å². The number of rotatable bonds is 0. The molecule has 0 spiro atoms. The zero-order valence-corrected chi connectivity index (χ0v) is 21.1. The fourth-order valence-corrected chi connectivity index (χ4v) is 3.10. The van der Waals surface area contributed by atoms with Crippen molar-refractivity contribution in [2.45, 2.75) is 58.8 Å². The van der Waals surface area contributed by atoms with Gasteiger partial charge in [-0.3, -0.25) is 0 Å². The Morgan fingerprint density at radius 2 is 1.04 bits per heavy atom. The second-order valence-corrected chi connectivity index (χ2v) is 19.8. The van der Waals surface area contributed by atoms with Crippen molar-refractivity contribution in [2.75, 3.05) is 0 Å². The van der Waals surface area contributed by atoms with Crippen LogP contribution < -0.4 is 0 Å². The van der Waals surface area contributed by atoms with Gasteiger partial charge in [0.25, 0.3) is 0 Å². The molecule has 0 unspecified atom stereocenters. The van der Waals surface area contributed by atoms with Gasteiger partial charge in [-0.15, -0.1) is 0 Å². The van der Waals surface area contributed by atoms with Crippen molar-refractivity contribution in [1.29, 1.82) is 0 Å². The van der Waals surface area contributed by atoms with E-state index in [1.807, 2.05) is 0 Å². The Kier molecular flexibility index (Phi) is 6.77. The average molecular weight is 529 g/mol. The van der Waals surface area contributed by atoms with Gasteiger partial charge in [0.1, 0.15) is 0 Å². The minimum atomic E-state index is -0.145. The molecule has 24 heavy (non-hydrogen) atoms. The van der Waals surface area contributed by atoms with E-state index in [4.69, 9.17) is 0 Å². The molecule has 0 heterocycles. The van der Waals surface area contributed by atoms with Crippen LogP contribution in [0.3, 0.4) is 0 Å². The molecule has 0 amide bonds. The monoisotopic (exact) mass is 526 g/mol. The summed E-state index contributed by atoms with van der Waals surface area (Å²) in [6, 6.07) is 14.1. The van der Waals surface area contributed by atoms with Crippen LogP contribution in [0.4, 0.5) is 0 Å². The average Bonchev–Trinajstić information content (AvgIpc) is 2.83. The molecular formula is C21H26Br2Zr.